The summed E-state index contributed by atoms with van der Waals surface area (Å²) >= 11 is 0. The van der Waals surface area contributed by atoms with Crippen molar-refractivity contribution in [1.29, 1.82) is 0 Å². The van der Waals surface area contributed by atoms with Gasteiger partial charge in [0.2, 0.25) is 0 Å². The number of nitrogens with one attached hydrogen (secondary N) is 2. The van der Waals surface area contributed by atoms with Crippen molar-refractivity contribution in [2.45, 2.75) is 32.9 Å². The van der Waals surface area contributed by atoms with Gasteiger partial charge in [-0.2, -0.15) is 0 Å². The molecule has 2 unspecified atom stereocenters. The lowest BCUT2D eigenvalue weighted by Crippen LogP contribution is -2.46. The molecule has 3 rings (SSSR count). The molecular weight excluding hydrogens is 370 g/mol. The Balaban J connectivity index is 1.63. The predicted octanol–water partition coefficient (Wildman–Crippen LogP) is 3.34. The van der Waals surface area contributed by atoms with Gasteiger partial charge in [0.15, 0.2) is 0 Å². The Labute approximate surface area is 172 Å². The van der Waals surface area contributed by atoms with Crippen LogP contribution in [0.3, 0.4) is 0 Å². The van der Waals surface area contributed by atoms with Crippen LogP contribution in [0.2, 0.25) is 0 Å². The number of methoxy groups -OCH3 is 1. The molecule has 0 saturated carbocycles. The van der Waals surface area contributed by atoms with E-state index in [1.54, 1.807) is 7.11 Å². The van der Waals surface area contributed by atoms with Crippen LogP contribution in [0.15, 0.2) is 34.7 Å². The van der Waals surface area contributed by atoms with Gasteiger partial charge < -0.3 is 24.5 Å². The molecule has 2 aromatic rings. The van der Waals surface area contributed by atoms with Crippen LogP contribution in [0.25, 0.3) is 0 Å². The van der Waals surface area contributed by atoms with E-state index in [-0.39, 0.29) is 18.1 Å². The van der Waals surface area contributed by atoms with Gasteiger partial charge in [0.25, 0.3) is 0 Å². The Morgan fingerprint density at radius 1 is 1.21 bits per heavy atom. The van der Waals surface area contributed by atoms with Gasteiger partial charge in [-0.3, -0.25) is 4.90 Å². The number of rotatable bonds is 7. The van der Waals surface area contributed by atoms with Crippen LogP contribution >= 0.6 is 0 Å². The molecule has 2 heterocycles. The maximum atomic E-state index is 12.6. The van der Waals surface area contributed by atoms with Crippen molar-refractivity contribution in [3.63, 3.8) is 0 Å². The summed E-state index contributed by atoms with van der Waals surface area (Å²) in [7, 11) is 1.64. The number of urea groups is 1. The number of nitrogens with zero attached hydrogens (tertiary/aromatic N) is 1. The number of amides is 2. The molecule has 7 heteroatoms. The molecule has 2 amide bonds. The second-order valence-corrected chi connectivity index (χ2v) is 7.43. The van der Waals surface area contributed by atoms with E-state index < -0.39 is 0 Å². The Hall–Kier alpha value is -2.51. The molecule has 1 fully saturated rings. The summed E-state index contributed by atoms with van der Waals surface area (Å²) in [5, 5.41) is 6.02. The highest BCUT2D eigenvalue weighted by Crippen LogP contribution is 2.26. The van der Waals surface area contributed by atoms with Gasteiger partial charge in [0, 0.05) is 25.2 Å². The van der Waals surface area contributed by atoms with E-state index in [0.717, 1.165) is 41.5 Å². The van der Waals surface area contributed by atoms with Crippen molar-refractivity contribution >= 4 is 6.03 Å². The number of carbonyl (C=O) groups is 1. The zero-order valence-corrected chi connectivity index (χ0v) is 17.7. The van der Waals surface area contributed by atoms with Gasteiger partial charge in [-0.25, -0.2) is 4.79 Å². The van der Waals surface area contributed by atoms with E-state index in [9.17, 15) is 4.79 Å². The summed E-state index contributed by atoms with van der Waals surface area (Å²) < 4.78 is 16.8. The summed E-state index contributed by atoms with van der Waals surface area (Å²) in [6.45, 7) is 9.35. The van der Waals surface area contributed by atoms with Crippen molar-refractivity contribution in [2.75, 3.05) is 40.0 Å². The average molecular weight is 402 g/mol. The van der Waals surface area contributed by atoms with Crippen LogP contribution in [-0.4, -0.2) is 50.9 Å². The number of morpholine rings is 1. The summed E-state index contributed by atoms with van der Waals surface area (Å²) in [5.41, 5.74) is 2.07. The summed E-state index contributed by atoms with van der Waals surface area (Å²) in [6, 6.07) is 9.46. The van der Waals surface area contributed by atoms with Crippen molar-refractivity contribution in [1.82, 2.24) is 15.5 Å². The van der Waals surface area contributed by atoms with Gasteiger partial charge in [-0.1, -0.05) is 17.7 Å². The summed E-state index contributed by atoms with van der Waals surface area (Å²) in [6.07, 6.45) is 0. The summed E-state index contributed by atoms with van der Waals surface area (Å²) in [5.74, 6) is 2.49. The number of aryl methyl sites for hydroxylation is 2. The highest BCUT2D eigenvalue weighted by Gasteiger charge is 2.26. The van der Waals surface area contributed by atoms with Crippen molar-refractivity contribution < 1.29 is 18.7 Å². The highest BCUT2D eigenvalue weighted by atomic mass is 16.5. The molecule has 2 N–H and O–H groups in total. The minimum Gasteiger partial charge on any atom is -0.496 e. The molecule has 29 heavy (non-hydrogen) atoms. The molecule has 2 atom stereocenters. The van der Waals surface area contributed by atoms with Crippen LogP contribution in [-0.2, 0) is 4.74 Å². The summed E-state index contributed by atoms with van der Waals surface area (Å²) in [4.78, 5) is 14.9. The van der Waals surface area contributed by atoms with Crippen molar-refractivity contribution in [3.05, 3.63) is 53.0 Å². The second kappa shape index (κ2) is 9.80. The Morgan fingerprint density at radius 2 is 1.97 bits per heavy atom. The molecule has 1 aliphatic rings. The quantitative estimate of drug-likeness (QED) is 0.744. The normalized spacial score (nSPS) is 16.8. The zero-order chi connectivity index (χ0) is 20.8. The van der Waals surface area contributed by atoms with Gasteiger partial charge in [0.1, 0.15) is 17.3 Å². The maximum absolute atomic E-state index is 12.6. The fourth-order valence-electron chi connectivity index (χ4n) is 3.64. The van der Waals surface area contributed by atoms with Gasteiger partial charge in [-0.05, 0) is 39.0 Å². The third-order valence-electron chi connectivity index (χ3n) is 5.23. The number of hydrogen-bond acceptors (Lipinski definition) is 5. The molecule has 0 spiro atoms. The minimum absolute atomic E-state index is 0.0258. The van der Waals surface area contributed by atoms with Crippen LogP contribution < -0.4 is 15.4 Å². The lowest BCUT2D eigenvalue weighted by Gasteiger charge is -2.33. The molecule has 1 saturated heterocycles. The smallest absolute Gasteiger partial charge is 0.315 e. The highest BCUT2D eigenvalue weighted by molar-refractivity contribution is 5.74. The maximum Gasteiger partial charge on any atom is 0.315 e. The fraction of sp³-hybridized carbons (Fsp3) is 0.500. The van der Waals surface area contributed by atoms with Crippen LogP contribution in [0.4, 0.5) is 4.79 Å². The molecule has 158 valence electrons. The first-order valence-electron chi connectivity index (χ1n) is 10.0. The van der Waals surface area contributed by atoms with E-state index in [1.165, 1.54) is 0 Å². The molecule has 0 radical (unpaired) electrons. The molecule has 1 aliphatic heterocycles. The molecule has 1 aromatic carbocycles. The van der Waals surface area contributed by atoms with Crippen molar-refractivity contribution in [3.8, 4) is 5.75 Å². The first kappa shape index (κ1) is 21.2. The molecule has 0 bridgehead atoms. The monoisotopic (exact) mass is 401 g/mol. The molecular formula is C22H31N3O4. The van der Waals surface area contributed by atoms with Crippen LogP contribution in [0.5, 0.6) is 5.75 Å². The van der Waals surface area contributed by atoms with Gasteiger partial charge in [0.05, 0.1) is 32.4 Å². The SMILES string of the molecule is COc1ccc(C)cc1C(C)NC(=O)NCC(c1ccc(C)o1)N1CCOCC1. The Kier molecular flexibility index (Phi) is 7.17. The lowest BCUT2D eigenvalue weighted by atomic mass is 10.0. The second-order valence-electron chi connectivity index (χ2n) is 7.43. The number of carbonyl (C=O) groups excluding carboxylic acids is 1. The number of benzene rings is 1. The number of furan rings is 1. The lowest BCUT2D eigenvalue weighted by molar-refractivity contribution is 0.0121. The van der Waals surface area contributed by atoms with E-state index in [4.69, 9.17) is 13.9 Å². The molecule has 0 aliphatic carbocycles. The van der Waals surface area contributed by atoms with E-state index in [0.29, 0.717) is 19.8 Å². The predicted molar refractivity (Wildman–Crippen MR) is 111 cm³/mol. The first-order valence-corrected chi connectivity index (χ1v) is 10.0. The third kappa shape index (κ3) is 5.52. The molecule has 1 aromatic heterocycles. The standard InChI is InChI=1S/C22H31N3O4/c1-15-5-7-20(27-4)18(13-15)17(3)24-22(26)23-14-19(21-8-6-16(2)29-21)25-9-11-28-12-10-25/h5-8,13,17,19H,9-12,14H2,1-4H3,(H2,23,24,26). The average Bonchev–Trinajstić information content (AvgIpc) is 3.14. The van der Waals surface area contributed by atoms with Crippen molar-refractivity contribution in [2.24, 2.45) is 0 Å². The van der Waals surface area contributed by atoms with Crippen LogP contribution in [0.1, 0.15) is 41.7 Å². The van der Waals surface area contributed by atoms with E-state index in [1.807, 2.05) is 51.1 Å². The first-order chi connectivity index (χ1) is 14.0. The fourth-order valence-corrected chi connectivity index (χ4v) is 3.64. The van der Waals surface area contributed by atoms with Gasteiger partial charge in [-0.15, -0.1) is 0 Å². The Bertz CT molecular complexity index is 814. The Morgan fingerprint density at radius 3 is 2.62 bits per heavy atom. The topological polar surface area (TPSA) is 76.0 Å². The minimum atomic E-state index is -0.220. The van der Waals surface area contributed by atoms with E-state index >= 15 is 0 Å². The molecule has 7 nitrogen and oxygen atoms in total. The third-order valence-corrected chi connectivity index (χ3v) is 5.23. The number of hydrogen-bond donors (Lipinski definition) is 2. The zero-order valence-electron chi connectivity index (χ0n) is 17.7. The largest absolute Gasteiger partial charge is 0.496 e. The van der Waals surface area contributed by atoms with Crippen LogP contribution in [0, 0.1) is 13.8 Å². The van der Waals surface area contributed by atoms with Gasteiger partial charge >= 0.3 is 6.03 Å². The van der Waals surface area contributed by atoms with E-state index in [2.05, 4.69) is 15.5 Å². The number of ether oxygens (including phenoxy) is 2.